The molecule has 0 spiro atoms. The van der Waals surface area contributed by atoms with Crippen LogP contribution in [-0.2, 0) is 6.61 Å². The smallest absolute Gasteiger partial charge is 0.318 e. The van der Waals surface area contributed by atoms with Gasteiger partial charge in [-0.25, -0.2) is 9.37 Å². The molecule has 7 heteroatoms. The Morgan fingerprint density at radius 2 is 2.21 bits per heavy atom. The van der Waals surface area contributed by atoms with Gasteiger partial charge in [0.15, 0.2) is 11.6 Å². The number of phenolic OH excluding ortho intramolecular Hbond substituents is 1. The maximum absolute atomic E-state index is 12.9. The third-order valence-electron chi connectivity index (χ3n) is 2.39. The molecule has 3 N–H and O–H groups in total. The van der Waals surface area contributed by atoms with Crippen molar-refractivity contribution in [2.75, 3.05) is 12.8 Å². The number of hydrogen-bond acceptors (Lipinski definition) is 6. The summed E-state index contributed by atoms with van der Waals surface area (Å²) in [5.41, 5.74) is 5.78. The number of halogens is 1. The molecule has 0 aliphatic carbocycles. The number of nitrogens with zero attached hydrogens (tertiary/aromatic N) is 2. The fraction of sp³-hybridized carbons (Fsp3) is 0.167. The lowest BCUT2D eigenvalue weighted by atomic mass is 10.2. The highest BCUT2D eigenvalue weighted by molar-refractivity contribution is 5.39. The lowest BCUT2D eigenvalue weighted by Gasteiger charge is -2.08. The van der Waals surface area contributed by atoms with Crippen molar-refractivity contribution >= 4 is 5.82 Å². The Balaban J connectivity index is 2.11. The molecule has 0 amide bonds. The minimum absolute atomic E-state index is 0.00804. The van der Waals surface area contributed by atoms with Gasteiger partial charge in [0.25, 0.3) is 0 Å². The van der Waals surface area contributed by atoms with E-state index in [0.29, 0.717) is 11.3 Å². The average Bonchev–Trinajstić information content (AvgIpc) is 2.41. The van der Waals surface area contributed by atoms with Crippen molar-refractivity contribution in [3.05, 3.63) is 35.8 Å². The number of benzene rings is 1. The molecule has 0 unspecified atom stereocenters. The predicted octanol–water partition coefficient (Wildman–Crippen LogP) is 1.49. The molecule has 1 heterocycles. The van der Waals surface area contributed by atoms with Gasteiger partial charge in [0, 0.05) is 5.56 Å². The zero-order valence-electron chi connectivity index (χ0n) is 10.1. The molecule has 100 valence electrons. The average molecular weight is 265 g/mol. The van der Waals surface area contributed by atoms with E-state index in [0.717, 1.165) is 6.20 Å². The summed E-state index contributed by atoms with van der Waals surface area (Å²) in [5, 5.41) is 9.65. The van der Waals surface area contributed by atoms with E-state index in [-0.39, 0.29) is 24.2 Å². The predicted molar refractivity (Wildman–Crippen MR) is 65.4 cm³/mol. The second-order valence-electron chi connectivity index (χ2n) is 3.67. The summed E-state index contributed by atoms with van der Waals surface area (Å²) in [6.07, 6.45) is 0.920. The Morgan fingerprint density at radius 3 is 2.89 bits per heavy atom. The van der Waals surface area contributed by atoms with E-state index < -0.39 is 5.82 Å². The highest BCUT2D eigenvalue weighted by Gasteiger charge is 2.07. The van der Waals surface area contributed by atoms with Gasteiger partial charge in [-0.3, -0.25) is 0 Å². The number of hydrogen-bond donors (Lipinski definition) is 2. The van der Waals surface area contributed by atoms with Crippen LogP contribution < -0.4 is 15.2 Å². The molecule has 0 atom stereocenters. The molecule has 0 radical (unpaired) electrons. The molecule has 0 saturated carbocycles. The summed E-state index contributed by atoms with van der Waals surface area (Å²) in [6, 6.07) is 4.64. The first-order valence-corrected chi connectivity index (χ1v) is 5.37. The number of nitrogen functional groups attached to an aromatic ring is 1. The van der Waals surface area contributed by atoms with E-state index in [1.165, 1.54) is 13.2 Å². The Bertz CT molecular complexity index is 592. The normalized spacial score (nSPS) is 10.2. The molecular formula is C12H12FN3O3. The van der Waals surface area contributed by atoms with Gasteiger partial charge < -0.3 is 20.3 Å². The zero-order valence-corrected chi connectivity index (χ0v) is 10.1. The second kappa shape index (κ2) is 5.38. The van der Waals surface area contributed by atoms with Crippen LogP contribution in [0.25, 0.3) is 0 Å². The van der Waals surface area contributed by atoms with Crippen LogP contribution in [0.3, 0.4) is 0 Å². The van der Waals surface area contributed by atoms with Gasteiger partial charge in [-0.1, -0.05) is 0 Å². The zero-order chi connectivity index (χ0) is 13.8. The Kier molecular flexibility index (Phi) is 3.65. The number of anilines is 1. The number of rotatable bonds is 4. The van der Waals surface area contributed by atoms with Crippen molar-refractivity contribution in [3.63, 3.8) is 0 Å². The van der Waals surface area contributed by atoms with Crippen LogP contribution in [0.15, 0.2) is 24.4 Å². The molecule has 0 fully saturated rings. The highest BCUT2D eigenvalue weighted by Crippen LogP contribution is 2.23. The quantitative estimate of drug-likeness (QED) is 0.870. The van der Waals surface area contributed by atoms with E-state index in [1.54, 1.807) is 12.1 Å². The van der Waals surface area contributed by atoms with Gasteiger partial charge in [-0.2, -0.15) is 4.98 Å². The first-order chi connectivity index (χ1) is 9.10. The number of phenols is 1. The molecular weight excluding hydrogens is 253 g/mol. The Hall–Kier alpha value is -2.57. The van der Waals surface area contributed by atoms with E-state index in [2.05, 4.69) is 9.97 Å². The summed E-state index contributed by atoms with van der Waals surface area (Å²) in [7, 11) is 1.51. The molecule has 2 aromatic rings. The fourth-order valence-corrected chi connectivity index (χ4v) is 1.38. The summed E-state index contributed by atoms with van der Waals surface area (Å²) < 4.78 is 23.1. The summed E-state index contributed by atoms with van der Waals surface area (Å²) in [5.74, 6) is -0.372. The van der Waals surface area contributed by atoms with Crippen molar-refractivity contribution < 1.29 is 19.0 Å². The van der Waals surface area contributed by atoms with Crippen molar-refractivity contribution in [2.24, 2.45) is 0 Å². The largest absolute Gasteiger partial charge is 0.508 e. The molecule has 0 aliphatic heterocycles. The van der Waals surface area contributed by atoms with Crippen molar-refractivity contribution in [3.8, 4) is 17.5 Å². The van der Waals surface area contributed by atoms with Crippen LogP contribution >= 0.6 is 0 Å². The number of ether oxygens (including phenoxy) is 2. The molecule has 0 saturated heterocycles. The molecule has 0 bridgehead atoms. The fourth-order valence-electron chi connectivity index (χ4n) is 1.38. The van der Waals surface area contributed by atoms with Crippen molar-refractivity contribution in [1.29, 1.82) is 0 Å². The lowest BCUT2D eigenvalue weighted by molar-refractivity contribution is 0.273. The van der Waals surface area contributed by atoms with E-state index in [1.807, 2.05) is 0 Å². The maximum atomic E-state index is 12.9. The van der Waals surface area contributed by atoms with Crippen LogP contribution in [0.2, 0.25) is 0 Å². The second-order valence-corrected chi connectivity index (χ2v) is 3.67. The molecule has 1 aromatic carbocycles. The number of nitrogens with two attached hydrogens (primary N) is 1. The molecule has 2 rings (SSSR count). The van der Waals surface area contributed by atoms with Crippen molar-refractivity contribution in [1.82, 2.24) is 9.97 Å². The highest BCUT2D eigenvalue weighted by atomic mass is 19.1. The summed E-state index contributed by atoms with van der Waals surface area (Å²) >= 11 is 0. The Morgan fingerprint density at radius 1 is 1.42 bits per heavy atom. The number of aromatic nitrogens is 2. The third kappa shape index (κ3) is 3.01. The van der Waals surface area contributed by atoms with Gasteiger partial charge in [0.05, 0.1) is 13.3 Å². The SMILES string of the molecule is COc1ccc(O)c(COc2ncc(F)c(N)n2)c1. The first-order valence-electron chi connectivity index (χ1n) is 5.37. The summed E-state index contributed by atoms with van der Waals surface area (Å²) in [4.78, 5) is 7.24. The molecule has 0 aliphatic rings. The van der Waals surface area contributed by atoms with Crippen molar-refractivity contribution in [2.45, 2.75) is 6.61 Å². The van der Waals surface area contributed by atoms with Gasteiger partial charge >= 0.3 is 6.01 Å². The van der Waals surface area contributed by atoms with Gasteiger partial charge in [-0.15, -0.1) is 0 Å². The van der Waals surface area contributed by atoms with Crippen LogP contribution in [0.4, 0.5) is 10.2 Å². The monoisotopic (exact) mass is 265 g/mol. The molecule has 1 aromatic heterocycles. The minimum atomic E-state index is -0.712. The minimum Gasteiger partial charge on any atom is -0.508 e. The standard InChI is InChI=1S/C12H12FN3O3/c1-18-8-2-3-10(17)7(4-8)6-19-12-15-5-9(13)11(14)16-12/h2-5,17H,6H2,1H3,(H2,14,15,16). The van der Waals surface area contributed by atoms with Crippen LogP contribution in [0, 0.1) is 5.82 Å². The van der Waals surface area contributed by atoms with E-state index >= 15 is 0 Å². The lowest BCUT2D eigenvalue weighted by Crippen LogP contribution is -2.03. The number of methoxy groups -OCH3 is 1. The molecule has 19 heavy (non-hydrogen) atoms. The van der Waals surface area contributed by atoms with Crippen LogP contribution in [0.1, 0.15) is 5.56 Å². The summed E-state index contributed by atoms with van der Waals surface area (Å²) in [6.45, 7) is 0.00804. The topological polar surface area (TPSA) is 90.5 Å². The van der Waals surface area contributed by atoms with Gasteiger partial charge in [0.2, 0.25) is 0 Å². The first kappa shape index (κ1) is 12.9. The van der Waals surface area contributed by atoms with Crippen LogP contribution in [-0.4, -0.2) is 22.2 Å². The maximum Gasteiger partial charge on any atom is 0.318 e. The van der Waals surface area contributed by atoms with E-state index in [9.17, 15) is 9.50 Å². The van der Waals surface area contributed by atoms with E-state index in [4.69, 9.17) is 15.2 Å². The third-order valence-corrected chi connectivity index (χ3v) is 2.39. The van der Waals surface area contributed by atoms with Crippen LogP contribution in [0.5, 0.6) is 17.5 Å². The van der Waals surface area contributed by atoms with Gasteiger partial charge in [0.1, 0.15) is 18.1 Å². The number of aromatic hydroxyl groups is 1. The molecule has 6 nitrogen and oxygen atoms in total. The van der Waals surface area contributed by atoms with Gasteiger partial charge in [-0.05, 0) is 18.2 Å². The Labute approximate surface area is 108 Å².